The Kier molecular flexibility index (Phi) is 3.64. The molecular formula is C14H23NO3. The predicted molar refractivity (Wildman–Crippen MR) is 68.2 cm³/mol. The zero-order valence-corrected chi connectivity index (χ0v) is 11.5. The van der Waals surface area contributed by atoms with E-state index in [9.17, 15) is 9.59 Å². The van der Waals surface area contributed by atoms with Gasteiger partial charge in [-0.05, 0) is 51.9 Å². The van der Waals surface area contributed by atoms with Crippen LogP contribution in [0.5, 0.6) is 0 Å². The summed E-state index contributed by atoms with van der Waals surface area (Å²) >= 11 is 0. The average Bonchev–Trinajstić information content (AvgIpc) is 2.85. The van der Waals surface area contributed by atoms with Crippen LogP contribution in [0.2, 0.25) is 0 Å². The van der Waals surface area contributed by atoms with E-state index in [0.717, 1.165) is 19.3 Å². The molecule has 0 saturated heterocycles. The minimum Gasteiger partial charge on any atom is -0.448 e. The van der Waals surface area contributed by atoms with Gasteiger partial charge >= 0.3 is 6.09 Å². The second kappa shape index (κ2) is 4.90. The first-order chi connectivity index (χ1) is 8.44. The molecule has 0 aromatic carbocycles. The summed E-state index contributed by atoms with van der Waals surface area (Å²) in [7, 11) is 0. The first kappa shape index (κ1) is 13.4. The summed E-state index contributed by atoms with van der Waals surface area (Å²) in [5, 5.41) is 2.69. The van der Waals surface area contributed by atoms with Crippen LogP contribution in [0.1, 0.15) is 46.5 Å². The normalized spacial score (nSPS) is 33.8. The summed E-state index contributed by atoms with van der Waals surface area (Å²) in [5.41, 5.74) is -0.392. The minimum absolute atomic E-state index is 0.0609. The van der Waals surface area contributed by atoms with Crippen molar-refractivity contribution in [2.24, 2.45) is 17.3 Å². The fraction of sp³-hybridized carbons (Fsp3) is 0.857. The third-order valence-electron chi connectivity index (χ3n) is 4.54. The smallest absolute Gasteiger partial charge is 0.407 e. The van der Waals surface area contributed by atoms with Gasteiger partial charge in [0.25, 0.3) is 0 Å². The molecule has 1 amide bonds. The monoisotopic (exact) mass is 253 g/mol. The molecule has 0 aromatic heterocycles. The lowest BCUT2D eigenvalue weighted by Gasteiger charge is -2.34. The Balaban J connectivity index is 1.96. The third kappa shape index (κ3) is 2.38. The molecule has 0 aromatic rings. The summed E-state index contributed by atoms with van der Waals surface area (Å²) in [6.45, 7) is 5.67. The van der Waals surface area contributed by atoms with Gasteiger partial charge in [-0.25, -0.2) is 4.79 Å². The van der Waals surface area contributed by atoms with E-state index in [2.05, 4.69) is 5.32 Å². The highest BCUT2D eigenvalue weighted by Crippen LogP contribution is 2.56. The second-order valence-electron chi connectivity index (χ2n) is 6.17. The third-order valence-corrected chi connectivity index (χ3v) is 4.54. The summed E-state index contributed by atoms with van der Waals surface area (Å²) < 4.78 is 5.28. The first-order valence-electron chi connectivity index (χ1n) is 6.88. The van der Waals surface area contributed by atoms with Gasteiger partial charge in [-0.1, -0.05) is 6.42 Å². The molecule has 4 nitrogen and oxygen atoms in total. The number of Topliss-reactive ketones (excluding diaryl/α,β-unsaturated/α-hetero) is 1. The maximum absolute atomic E-state index is 12.0. The molecule has 18 heavy (non-hydrogen) atoms. The highest BCUT2D eigenvalue weighted by atomic mass is 16.5. The summed E-state index contributed by atoms with van der Waals surface area (Å²) in [5.74, 6) is 1.27. The Labute approximate surface area is 108 Å². The number of ether oxygens (including phenoxy) is 1. The number of amides is 1. The Morgan fingerprint density at radius 3 is 2.56 bits per heavy atom. The van der Waals surface area contributed by atoms with Gasteiger partial charge in [0, 0.05) is 6.04 Å². The highest BCUT2D eigenvalue weighted by molar-refractivity contribution is 5.84. The molecule has 2 aliphatic carbocycles. The number of carbonyl (C=O) groups excluding carboxylic acids is 2. The van der Waals surface area contributed by atoms with E-state index in [1.54, 1.807) is 6.92 Å². The van der Waals surface area contributed by atoms with Crippen molar-refractivity contribution in [1.29, 1.82) is 0 Å². The van der Waals surface area contributed by atoms with Gasteiger partial charge in [-0.15, -0.1) is 0 Å². The van der Waals surface area contributed by atoms with Gasteiger partial charge in [0.15, 0.2) is 0 Å². The van der Waals surface area contributed by atoms with E-state index in [0.29, 0.717) is 11.8 Å². The molecule has 0 radical (unpaired) electrons. The Hall–Kier alpha value is -1.06. The average molecular weight is 253 g/mol. The Morgan fingerprint density at radius 1 is 1.39 bits per heavy atom. The standard InChI is InChI=1S/C14H23NO3/c1-9(2)15-13(17)18-8-14(10(3)16)7-11-4-5-12(14)6-11/h9,11-12H,4-8H2,1-3H3,(H,15,17). The topological polar surface area (TPSA) is 55.4 Å². The number of carbonyl (C=O) groups is 2. The van der Waals surface area contributed by atoms with Crippen molar-refractivity contribution in [3.63, 3.8) is 0 Å². The molecule has 3 unspecified atom stereocenters. The lowest BCUT2D eigenvalue weighted by Crippen LogP contribution is -2.42. The van der Waals surface area contributed by atoms with Crippen LogP contribution in [-0.4, -0.2) is 24.5 Å². The SMILES string of the molecule is CC(=O)C1(COC(=O)NC(C)C)CC2CCC1C2. The van der Waals surface area contributed by atoms with E-state index < -0.39 is 11.5 Å². The number of ketones is 1. The maximum atomic E-state index is 12.0. The van der Waals surface area contributed by atoms with Crippen molar-refractivity contribution in [1.82, 2.24) is 5.32 Å². The van der Waals surface area contributed by atoms with Gasteiger partial charge < -0.3 is 10.1 Å². The summed E-state index contributed by atoms with van der Waals surface area (Å²) in [4.78, 5) is 23.5. The molecule has 2 saturated carbocycles. The molecule has 1 N–H and O–H groups in total. The molecule has 2 bridgehead atoms. The zero-order chi connectivity index (χ0) is 13.3. The molecule has 102 valence electrons. The molecule has 2 aliphatic rings. The van der Waals surface area contributed by atoms with E-state index in [1.807, 2.05) is 13.8 Å². The fourth-order valence-corrected chi connectivity index (χ4v) is 3.63. The van der Waals surface area contributed by atoms with Crippen LogP contribution in [0.4, 0.5) is 4.79 Å². The molecule has 0 heterocycles. The van der Waals surface area contributed by atoms with Gasteiger partial charge in [0.05, 0.1) is 5.41 Å². The van der Waals surface area contributed by atoms with Gasteiger partial charge in [-0.3, -0.25) is 4.79 Å². The van der Waals surface area contributed by atoms with Crippen molar-refractivity contribution in [3.05, 3.63) is 0 Å². The van der Waals surface area contributed by atoms with Crippen molar-refractivity contribution in [2.75, 3.05) is 6.61 Å². The van der Waals surface area contributed by atoms with Crippen LogP contribution in [0, 0.1) is 17.3 Å². The van der Waals surface area contributed by atoms with Gasteiger partial charge in [-0.2, -0.15) is 0 Å². The largest absolute Gasteiger partial charge is 0.448 e. The lowest BCUT2D eigenvalue weighted by atomic mass is 9.71. The molecular weight excluding hydrogens is 230 g/mol. The maximum Gasteiger partial charge on any atom is 0.407 e. The van der Waals surface area contributed by atoms with Gasteiger partial charge in [0.2, 0.25) is 0 Å². The molecule has 3 atom stereocenters. The van der Waals surface area contributed by atoms with Crippen molar-refractivity contribution in [3.8, 4) is 0 Å². The van der Waals surface area contributed by atoms with E-state index in [1.165, 1.54) is 6.42 Å². The van der Waals surface area contributed by atoms with Crippen LogP contribution in [-0.2, 0) is 9.53 Å². The van der Waals surface area contributed by atoms with Crippen LogP contribution >= 0.6 is 0 Å². The van der Waals surface area contributed by atoms with Crippen molar-refractivity contribution in [2.45, 2.75) is 52.5 Å². The first-order valence-corrected chi connectivity index (χ1v) is 6.88. The van der Waals surface area contributed by atoms with Crippen molar-refractivity contribution < 1.29 is 14.3 Å². The summed E-state index contributed by atoms with van der Waals surface area (Å²) in [6, 6.07) is 0.0609. The zero-order valence-electron chi connectivity index (χ0n) is 11.5. The second-order valence-corrected chi connectivity index (χ2v) is 6.17. The molecule has 2 fully saturated rings. The number of hydrogen-bond donors (Lipinski definition) is 1. The molecule has 2 rings (SSSR count). The van der Waals surface area contributed by atoms with Crippen LogP contribution in [0.3, 0.4) is 0 Å². The van der Waals surface area contributed by atoms with Crippen LogP contribution in [0.25, 0.3) is 0 Å². The van der Waals surface area contributed by atoms with Crippen LogP contribution in [0.15, 0.2) is 0 Å². The lowest BCUT2D eigenvalue weighted by molar-refractivity contribution is -0.132. The fourth-order valence-electron chi connectivity index (χ4n) is 3.63. The van der Waals surface area contributed by atoms with Crippen molar-refractivity contribution >= 4 is 11.9 Å². The highest BCUT2D eigenvalue weighted by Gasteiger charge is 2.54. The molecule has 4 heteroatoms. The Morgan fingerprint density at radius 2 is 2.11 bits per heavy atom. The molecule has 0 aliphatic heterocycles. The number of rotatable bonds is 4. The minimum atomic E-state index is -0.409. The number of hydrogen-bond acceptors (Lipinski definition) is 3. The van der Waals surface area contributed by atoms with E-state index in [4.69, 9.17) is 4.74 Å². The van der Waals surface area contributed by atoms with E-state index in [-0.39, 0.29) is 18.4 Å². The number of nitrogens with one attached hydrogen (secondary N) is 1. The number of alkyl carbamates (subject to hydrolysis) is 1. The van der Waals surface area contributed by atoms with Gasteiger partial charge in [0.1, 0.15) is 12.4 Å². The quantitative estimate of drug-likeness (QED) is 0.837. The predicted octanol–water partition coefficient (Wildman–Crippen LogP) is 2.52. The molecule has 0 spiro atoms. The summed E-state index contributed by atoms with van der Waals surface area (Å²) in [6.07, 6.45) is 3.97. The van der Waals surface area contributed by atoms with E-state index >= 15 is 0 Å². The Bertz CT molecular complexity index is 353. The number of fused-ring (bicyclic) bond motifs is 2. The van der Waals surface area contributed by atoms with Crippen LogP contribution < -0.4 is 5.32 Å².